The average molecular weight is 298 g/mol. The van der Waals surface area contributed by atoms with Crippen LogP contribution in [0, 0.1) is 5.92 Å². The molecule has 0 aromatic carbocycles. The van der Waals surface area contributed by atoms with Crippen molar-refractivity contribution in [3.8, 4) is 0 Å². The molecule has 0 amide bonds. The summed E-state index contributed by atoms with van der Waals surface area (Å²) in [5.74, 6) is 0.928. The van der Waals surface area contributed by atoms with Gasteiger partial charge in [0.1, 0.15) is 0 Å². The lowest BCUT2D eigenvalue weighted by atomic mass is 9.97. The summed E-state index contributed by atoms with van der Waals surface area (Å²) in [4.78, 5) is 20.6. The maximum absolute atomic E-state index is 11.7. The normalized spacial score (nSPS) is 17.2. The molecule has 1 fully saturated rings. The Morgan fingerprint density at radius 3 is 2.57 bits per heavy atom. The van der Waals surface area contributed by atoms with Gasteiger partial charge in [-0.05, 0) is 33.4 Å². The molecule has 0 unspecified atom stereocenters. The summed E-state index contributed by atoms with van der Waals surface area (Å²) in [6.45, 7) is 9.10. The topological polar surface area (TPSA) is 57.2 Å². The van der Waals surface area contributed by atoms with E-state index in [0.717, 1.165) is 51.5 Å². The molecule has 1 aliphatic rings. The Hall–Kier alpha value is -1.30. The van der Waals surface area contributed by atoms with Crippen LogP contribution >= 0.6 is 0 Å². The van der Waals surface area contributed by atoms with Gasteiger partial charge in [0.2, 0.25) is 0 Å². The zero-order chi connectivity index (χ0) is 15.7. The lowest BCUT2D eigenvalue weighted by molar-refractivity contribution is -0.149. The number of guanidine groups is 1. The molecule has 0 spiro atoms. The van der Waals surface area contributed by atoms with Crippen LogP contribution in [-0.4, -0.2) is 75.2 Å². The van der Waals surface area contributed by atoms with Crippen LogP contribution in [0.3, 0.4) is 0 Å². The van der Waals surface area contributed by atoms with E-state index in [0.29, 0.717) is 6.61 Å². The van der Waals surface area contributed by atoms with Gasteiger partial charge >= 0.3 is 5.97 Å². The molecule has 6 nitrogen and oxygen atoms in total. The second-order valence-electron chi connectivity index (χ2n) is 5.38. The molecule has 21 heavy (non-hydrogen) atoms. The van der Waals surface area contributed by atoms with Crippen LogP contribution in [0.25, 0.3) is 0 Å². The van der Waals surface area contributed by atoms with E-state index in [4.69, 9.17) is 4.74 Å². The molecule has 6 heteroatoms. The minimum atomic E-state index is -0.0512. The first-order valence-corrected chi connectivity index (χ1v) is 7.93. The van der Waals surface area contributed by atoms with Gasteiger partial charge in [0, 0.05) is 33.2 Å². The van der Waals surface area contributed by atoms with Crippen molar-refractivity contribution in [3.05, 3.63) is 0 Å². The Morgan fingerprint density at radius 2 is 2.05 bits per heavy atom. The van der Waals surface area contributed by atoms with E-state index in [-0.39, 0.29) is 11.9 Å². The maximum Gasteiger partial charge on any atom is 0.309 e. The van der Waals surface area contributed by atoms with Crippen LogP contribution < -0.4 is 5.32 Å². The molecule has 0 radical (unpaired) electrons. The van der Waals surface area contributed by atoms with Crippen molar-refractivity contribution in [1.29, 1.82) is 0 Å². The fourth-order valence-electron chi connectivity index (χ4n) is 2.44. The first kappa shape index (κ1) is 17.8. The number of aliphatic imine (C=N–C) groups is 1. The highest BCUT2D eigenvalue weighted by atomic mass is 16.5. The van der Waals surface area contributed by atoms with E-state index >= 15 is 0 Å². The molecule has 0 atom stereocenters. The molecule has 0 bridgehead atoms. The van der Waals surface area contributed by atoms with Crippen molar-refractivity contribution >= 4 is 11.9 Å². The van der Waals surface area contributed by atoms with Gasteiger partial charge < -0.3 is 19.9 Å². The van der Waals surface area contributed by atoms with Crippen LogP contribution in [-0.2, 0) is 9.53 Å². The van der Waals surface area contributed by atoms with Crippen LogP contribution in [0.5, 0.6) is 0 Å². The number of carbonyl (C=O) groups is 1. The largest absolute Gasteiger partial charge is 0.466 e. The molecule has 1 rings (SSSR count). The molecular weight excluding hydrogens is 268 g/mol. The van der Waals surface area contributed by atoms with Gasteiger partial charge in [0.05, 0.1) is 12.5 Å². The van der Waals surface area contributed by atoms with Crippen molar-refractivity contribution in [2.45, 2.75) is 26.7 Å². The SMILES string of the molecule is CCOC(=O)C1CCN(C(=NC)NCCN(C)CC)CC1. The number of rotatable bonds is 6. The number of hydrogen-bond acceptors (Lipinski definition) is 4. The van der Waals surface area contributed by atoms with Crippen molar-refractivity contribution in [3.63, 3.8) is 0 Å². The summed E-state index contributed by atoms with van der Waals surface area (Å²) < 4.78 is 5.10. The molecule has 0 aromatic heterocycles. The number of carbonyl (C=O) groups excluding carboxylic acids is 1. The monoisotopic (exact) mass is 298 g/mol. The van der Waals surface area contributed by atoms with Gasteiger partial charge in [0.25, 0.3) is 0 Å². The minimum Gasteiger partial charge on any atom is -0.466 e. The zero-order valence-corrected chi connectivity index (χ0v) is 13.9. The Labute approximate surface area is 128 Å². The van der Waals surface area contributed by atoms with Crippen molar-refractivity contribution in [2.75, 3.05) is 53.4 Å². The molecular formula is C15H30N4O2. The van der Waals surface area contributed by atoms with Gasteiger partial charge in [-0.1, -0.05) is 6.92 Å². The second kappa shape index (κ2) is 9.60. The van der Waals surface area contributed by atoms with Crippen LogP contribution in [0.1, 0.15) is 26.7 Å². The molecule has 1 heterocycles. The summed E-state index contributed by atoms with van der Waals surface area (Å²) in [5.41, 5.74) is 0. The lowest BCUT2D eigenvalue weighted by Gasteiger charge is -2.33. The Kier molecular flexibility index (Phi) is 8.12. The number of likely N-dealkylation sites (N-methyl/N-ethyl adjacent to an activating group) is 1. The van der Waals surface area contributed by atoms with Gasteiger partial charge in [-0.2, -0.15) is 0 Å². The first-order chi connectivity index (χ1) is 10.1. The second-order valence-corrected chi connectivity index (χ2v) is 5.38. The van der Waals surface area contributed by atoms with E-state index in [9.17, 15) is 4.79 Å². The molecule has 1 N–H and O–H groups in total. The van der Waals surface area contributed by atoms with E-state index in [1.807, 2.05) is 14.0 Å². The van der Waals surface area contributed by atoms with Crippen molar-refractivity contribution in [1.82, 2.24) is 15.1 Å². The molecule has 1 saturated heterocycles. The van der Waals surface area contributed by atoms with E-state index in [1.54, 1.807) is 0 Å². The Bertz CT molecular complexity index is 339. The lowest BCUT2D eigenvalue weighted by Crippen LogP contribution is -2.48. The van der Waals surface area contributed by atoms with Gasteiger partial charge in [0.15, 0.2) is 5.96 Å². The van der Waals surface area contributed by atoms with Gasteiger partial charge in [-0.15, -0.1) is 0 Å². The number of nitrogens with one attached hydrogen (secondary N) is 1. The minimum absolute atomic E-state index is 0.0468. The number of hydrogen-bond donors (Lipinski definition) is 1. The molecule has 0 aliphatic carbocycles. The standard InChI is InChI=1S/C15H30N4O2/c1-5-18(4)12-9-17-15(16-3)19-10-7-13(8-11-19)14(20)21-6-2/h13H,5-12H2,1-4H3,(H,16,17). The predicted molar refractivity (Wildman–Crippen MR) is 85.5 cm³/mol. The Morgan fingerprint density at radius 1 is 1.38 bits per heavy atom. The third kappa shape index (κ3) is 5.91. The fourth-order valence-corrected chi connectivity index (χ4v) is 2.44. The van der Waals surface area contributed by atoms with Gasteiger partial charge in [-0.25, -0.2) is 0 Å². The highest BCUT2D eigenvalue weighted by molar-refractivity contribution is 5.80. The third-order valence-corrected chi connectivity index (χ3v) is 3.94. The number of nitrogens with zero attached hydrogens (tertiary/aromatic N) is 3. The number of piperidine rings is 1. The van der Waals surface area contributed by atoms with Crippen molar-refractivity contribution in [2.24, 2.45) is 10.9 Å². The van der Waals surface area contributed by atoms with Gasteiger partial charge in [-0.3, -0.25) is 9.79 Å². The number of esters is 1. The summed E-state index contributed by atoms with van der Waals surface area (Å²) in [6, 6.07) is 0. The zero-order valence-electron chi connectivity index (χ0n) is 13.9. The quantitative estimate of drug-likeness (QED) is 0.446. The van der Waals surface area contributed by atoms with E-state index in [2.05, 4.69) is 34.1 Å². The molecule has 0 aromatic rings. The fraction of sp³-hybridized carbons (Fsp3) is 0.867. The highest BCUT2D eigenvalue weighted by Gasteiger charge is 2.27. The van der Waals surface area contributed by atoms with Crippen LogP contribution in [0.2, 0.25) is 0 Å². The van der Waals surface area contributed by atoms with Crippen LogP contribution in [0.15, 0.2) is 4.99 Å². The Balaban J connectivity index is 2.35. The number of likely N-dealkylation sites (tertiary alicyclic amines) is 1. The number of ether oxygens (including phenoxy) is 1. The summed E-state index contributed by atoms with van der Waals surface area (Å²) >= 11 is 0. The highest BCUT2D eigenvalue weighted by Crippen LogP contribution is 2.18. The molecule has 0 saturated carbocycles. The third-order valence-electron chi connectivity index (χ3n) is 3.94. The van der Waals surface area contributed by atoms with Crippen LogP contribution in [0.4, 0.5) is 0 Å². The van der Waals surface area contributed by atoms with E-state index in [1.165, 1.54) is 0 Å². The van der Waals surface area contributed by atoms with E-state index < -0.39 is 0 Å². The average Bonchev–Trinajstić information content (AvgIpc) is 2.51. The summed E-state index contributed by atoms with van der Waals surface area (Å²) in [7, 11) is 3.92. The maximum atomic E-state index is 11.7. The summed E-state index contributed by atoms with van der Waals surface area (Å²) in [5, 5.41) is 3.39. The summed E-state index contributed by atoms with van der Waals surface area (Å²) in [6.07, 6.45) is 1.68. The molecule has 1 aliphatic heterocycles. The predicted octanol–water partition coefficient (Wildman–Crippen LogP) is 0.789. The molecule has 122 valence electrons. The van der Waals surface area contributed by atoms with Crippen molar-refractivity contribution < 1.29 is 9.53 Å². The first-order valence-electron chi connectivity index (χ1n) is 7.93. The smallest absolute Gasteiger partial charge is 0.309 e.